The van der Waals surface area contributed by atoms with Crippen LogP contribution in [0.2, 0.25) is 0 Å². The van der Waals surface area contributed by atoms with E-state index in [0.717, 1.165) is 25.1 Å². The predicted octanol–water partition coefficient (Wildman–Crippen LogP) is 1.96. The zero-order valence-electron chi connectivity index (χ0n) is 10.6. The maximum absolute atomic E-state index is 12.2. The van der Waals surface area contributed by atoms with Crippen molar-refractivity contribution in [3.8, 4) is 0 Å². The fourth-order valence-corrected chi connectivity index (χ4v) is 2.42. The van der Waals surface area contributed by atoms with Gasteiger partial charge in [-0.15, -0.1) is 0 Å². The van der Waals surface area contributed by atoms with Crippen molar-refractivity contribution in [3.05, 3.63) is 29.8 Å². The van der Waals surface area contributed by atoms with Crippen LogP contribution in [0.15, 0.2) is 24.3 Å². The predicted molar refractivity (Wildman–Crippen MR) is 70.3 cm³/mol. The fourth-order valence-electron chi connectivity index (χ4n) is 2.42. The van der Waals surface area contributed by atoms with Crippen LogP contribution in [0.5, 0.6) is 0 Å². The van der Waals surface area contributed by atoms with Crippen LogP contribution in [0, 0.1) is 0 Å². The van der Waals surface area contributed by atoms with Crippen LogP contribution >= 0.6 is 0 Å². The van der Waals surface area contributed by atoms with Crippen LogP contribution in [0.25, 0.3) is 0 Å². The summed E-state index contributed by atoms with van der Waals surface area (Å²) in [5.74, 6) is 0.221. The second-order valence-electron chi connectivity index (χ2n) is 4.63. The van der Waals surface area contributed by atoms with Crippen molar-refractivity contribution in [3.63, 3.8) is 0 Å². The SMILES string of the molecule is CNCCC(=O)N1c2ccccc2CCC1C. The average Bonchev–Trinajstić information content (AvgIpc) is 2.35. The van der Waals surface area contributed by atoms with Crippen LogP contribution in [0.3, 0.4) is 0 Å². The van der Waals surface area contributed by atoms with E-state index in [2.05, 4.69) is 24.4 Å². The highest BCUT2D eigenvalue weighted by Gasteiger charge is 2.27. The molecule has 3 nitrogen and oxygen atoms in total. The van der Waals surface area contributed by atoms with Crippen molar-refractivity contribution < 1.29 is 4.79 Å². The highest BCUT2D eigenvalue weighted by atomic mass is 16.2. The number of anilines is 1. The average molecular weight is 232 g/mol. The topological polar surface area (TPSA) is 32.3 Å². The standard InChI is InChI=1S/C14H20N2O/c1-11-7-8-12-5-3-4-6-13(12)16(11)14(17)9-10-15-2/h3-6,11,15H,7-10H2,1-2H3. The number of carbonyl (C=O) groups is 1. The molecule has 2 rings (SSSR count). The number of benzene rings is 1. The molecule has 1 heterocycles. The zero-order valence-corrected chi connectivity index (χ0v) is 10.6. The van der Waals surface area contributed by atoms with Gasteiger partial charge in [0.2, 0.25) is 5.91 Å². The van der Waals surface area contributed by atoms with Gasteiger partial charge in [-0.05, 0) is 38.4 Å². The molecule has 0 radical (unpaired) electrons. The number of rotatable bonds is 3. The summed E-state index contributed by atoms with van der Waals surface area (Å²) in [6, 6.07) is 8.55. The molecule has 1 aliphatic rings. The second-order valence-corrected chi connectivity index (χ2v) is 4.63. The number of hydrogen-bond acceptors (Lipinski definition) is 2. The van der Waals surface area contributed by atoms with Crippen molar-refractivity contribution in [2.45, 2.75) is 32.2 Å². The Hall–Kier alpha value is -1.35. The first-order chi connectivity index (χ1) is 8.24. The Bertz CT molecular complexity index is 403. The van der Waals surface area contributed by atoms with Crippen molar-refractivity contribution in [1.29, 1.82) is 0 Å². The first kappa shape index (κ1) is 12.1. The highest BCUT2D eigenvalue weighted by Crippen LogP contribution is 2.30. The Kier molecular flexibility index (Phi) is 3.79. The van der Waals surface area contributed by atoms with Gasteiger partial charge in [0.25, 0.3) is 0 Å². The summed E-state index contributed by atoms with van der Waals surface area (Å²) < 4.78 is 0. The minimum absolute atomic E-state index is 0.221. The van der Waals surface area contributed by atoms with Crippen LogP contribution in [-0.4, -0.2) is 25.5 Å². The summed E-state index contributed by atoms with van der Waals surface area (Å²) in [7, 11) is 1.88. The molecule has 1 aromatic carbocycles. The molecule has 0 fully saturated rings. The molecule has 92 valence electrons. The Morgan fingerprint density at radius 2 is 2.24 bits per heavy atom. The Morgan fingerprint density at radius 1 is 1.47 bits per heavy atom. The number of carbonyl (C=O) groups excluding carboxylic acids is 1. The normalized spacial score (nSPS) is 18.9. The van der Waals surface area contributed by atoms with Gasteiger partial charge in [-0.2, -0.15) is 0 Å². The zero-order chi connectivity index (χ0) is 12.3. The lowest BCUT2D eigenvalue weighted by Gasteiger charge is -2.35. The lowest BCUT2D eigenvalue weighted by Crippen LogP contribution is -2.42. The largest absolute Gasteiger partial charge is 0.319 e. The van der Waals surface area contributed by atoms with Crippen LogP contribution in [0.4, 0.5) is 5.69 Å². The van der Waals surface area contributed by atoms with Gasteiger partial charge in [-0.3, -0.25) is 4.79 Å². The van der Waals surface area contributed by atoms with E-state index in [1.807, 2.05) is 24.1 Å². The Morgan fingerprint density at radius 3 is 3.00 bits per heavy atom. The monoisotopic (exact) mass is 232 g/mol. The minimum atomic E-state index is 0.221. The molecule has 3 heteroatoms. The quantitative estimate of drug-likeness (QED) is 0.864. The first-order valence-electron chi connectivity index (χ1n) is 6.28. The molecule has 0 aliphatic carbocycles. The van der Waals surface area contributed by atoms with Crippen molar-refractivity contribution in [2.75, 3.05) is 18.5 Å². The van der Waals surface area contributed by atoms with Crippen molar-refractivity contribution >= 4 is 11.6 Å². The number of hydrogen-bond donors (Lipinski definition) is 1. The summed E-state index contributed by atoms with van der Waals surface area (Å²) in [6.07, 6.45) is 2.70. The maximum atomic E-state index is 12.2. The molecule has 1 atom stereocenters. The number of nitrogens with zero attached hydrogens (tertiary/aromatic N) is 1. The Balaban J connectivity index is 2.23. The van der Waals surface area contributed by atoms with E-state index in [-0.39, 0.29) is 5.91 Å². The molecule has 1 aromatic rings. The van der Waals surface area contributed by atoms with Gasteiger partial charge in [0, 0.05) is 24.7 Å². The molecular formula is C14H20N2O. The first-order valence-corrected chi connectivity index (χ1v) is 6.28. The summed E-state index contributed by atoms with van der Waals surface area (Å²) in [4.78, 5) is 14.2. The Labute approximate surface area is 103 Å². The summed E-state index contributed by atoms with van der Waals surface area (Å²) >= 11 is 0. The number of amides is 1. The third-order valence-electron chi connectivity index (χ3n) is 3.38. The summed E-state index contributed by atoms with van der Waals surface area (Å²) in [5.41, 5.74) is 2.40. The number of para-hydroxylation sites is 1. The number of fused-ring (bicyclic) bond motifs is 1. The molecule has 17 heavy (non-hydrogen) atoms. The van der Waals surface area contributed by atoms with Crippen LogP contribution < -0.4 is 10.2 Å². The van der Waals surface area contributed by atoms with Gasteiger partial charge in [0.1, 0.15) is 0 Å². The van der Waals surface area contributed by atoms with Gasteiger partial charge in [0.15, 0.2) is 0 Å². The van der Waals surface area contributed by atoms with Gasteiger partial charge in [-0.1, -0.05) is 18.2 Å². The minimum Gasteiger partial charge on any atom is -0.319 e. The molecule has 0 bridgehead atoms. The summed E-state index contributed by atoms with van der Waals surface area (Å²) in [5, 5.41) is 3.03. The number of nitrogens with one attached hydrogen (secondary N) is 1. The second kappa shape index (κ2) is 5.32. The van der Waals surface area contributed by atoms with Gasteiger partial charge in [-0.25, -0.2) is 0 Å². The fraction of sp³-hybridized carbons (Fsp3) is 0.500. The molecule has 1 unspecified atom stereocenters. The van der Waals surface area contributed by atoms with Crippen molar-refractivity contribution in [1.82, 2.24) is 5.32 Å². The molecule has 0 saturated heterocycles. The van der Waals surface area contributed by atoms with E-state index in [1.165, 1.54) is 5.56 Å². The van der Waals surface area contributed by atoms with E-state index in [1.54, 1.807) is 0 Å². The molecule has 1 aliphatic heterocycles. The molecule has 0 saturated carbocycles. The molecular weight excluding hydrogens is 212 g/mol. The molecule has 1 N–H and O–H groups in total. The lowest BCUT2D eigenvalue weighted by atomic mass is 9.96. The summed E-state index contributed by atoms with van der Waals surface area (Å²) in [6.45, 7) is 2.87. The van der Waals surface area contributed by atoms with E-state index in [0.29, 0.717) is 12.5 Å². The van der Waals surface area contributed by atoms with E-state index >= 15 is 0 Å². The van der Waals surface area contributed by atoms with Gasteiger partial charge in [0.05, 0.1) is 0 Å². The third-order valence-corrected chi connectivity index (χ3v) is 3.38. The van der Waals surface area contributed by atoms with Crippen LogP contribution in [-0.2, 0) is 11.2 Å². The van der Waals surface area contributed by atoms with E-state index in [4.69, 9.17) is 0 Å². The smallest absolute Gasteiger partial charge is 0.228 e. The highest BCUT2D eigenvalue weighted by molar-refractivity contribution is 5.95. The van der Waals surface area contributed by atoms with Gasteiger partial charge < -0.3 is 10.2 Å². The van der Waals surface area contributed by atoms with E-state index < -0.39 is 0 Å². The van der Waals surface area contributed by atoms with Crippen molar-refractivity contribution in [2.24, 2.45) is 0 Å². The van der Waals surface area contributed by atoms with E-state index in [9.17, 15) is 4.79 Å². The lowest BCUT2D eigenvalue weighted by molar-refractivity contribution is -0.119. The maximum Gasteiger partial charge on any atom is 0.228 e. The van der Waals surface area contributed by atoms with Crippen LogP contribution in [0.1, 0.15) is 25.3 Å². The molecule has 1 amide bonds. The molecule has 0 spiro atoms. The third kappa shape index (κ3) is 2.50. The van der Waals surface area contributed by atoms with Gasteiger partial charge >= 0.3 is 0 Å². The molecule has 0 aromatic heterocycles. The number of aryl methyl sites for hydroxylation is 1.